The lowest BCUT2D eigenvalue weighted by molar-refractivity contribution is 1.77. The third kappa shape index (κ3) is 2.35. The molecule has 0 radical (unpaired) electrons. The average molecular weight is 274 g/mol. The van der Waals surface area contributed by atoms with Gasteiger partial charge in [-0.05, 0) is 46.8 Å². The Balaban J connectivity index is 2.10. The van der Waals surface area contributed by atoms with Crippen LogP contribution >= 0.6 is 30.6 Å². The maximum atomic E-state index is 2.28. The number of benzene rings is 1. The summed E-state index contributed by atoms with van der Waals surface area (Å²) in [7, 11) is -0.343. The third-order valence-corrected chi connectivity index (χ3v) is 7.10. The standard InChI is InChI=1S/C14H11PS2/c1-2-5-12(6-3-1)15(13-8-10-16-11-13)14-7-4-9-17-14/h1-11H. The molecule has 0 N–H and O–H groups in total. The van der Waals surface area contributed by atoms with Crippen LogP contribution in [0.2, 0.25) is 0 Å². The van der Waals surface area contributed by atoms with Gasteiger partial charge in [0, 0.05) is 4.62 Å². The molecule has 2 aromatic heterocycles. The van der Waals surface area contributed by atoms with Crippen LogP contribution < -0.4 is 15.2 Å². The molecule has 0 saturated carbocycles. The molecule has 84 valence electrons. The normalized spacial score (nSPS) is 12.5. The molecule has 3 rings (SSSR count). The van der Waals surface area contributed by atoms with Crippen LogP contribution in [0, 0.1) is 0 Å². The Hall–Kier alpha value is -0.950. The van der Waals surface area contributed by atoms with Gasteiger partial charge in [-0.1, -0.05) is 36.4 Å². The Labute approximate surface area is 110 Å². The van der Waals surface area contributed by atoms with E-state index in [1.165, 1.54) is 15.2 Å². The molecular formula is C14H11PS2. The summed E-state index contributed by atoms with van der Waals surface area (Å²) in [5.74, 6) is 0. The largest absolute Gasteiger partial charge is 0.152 e. The molecule has 0 nitrogen and oxygen atoms in total. The quantitative estimate of drug-likeness (QED) is 0.641. The topological polar surface area (TPSA) is 0 Å². The highest BCUT2D eigenvalue weighted by Gasteiger charge is 2.17. The summed E-state index contributed by atoms with van der Waals surface area (Å²) in [6.07, 6.45) is 0. The van der Waals surface area contributed by atoms with Gasteiger partial charge in [-0.2, -0.15) is 11.3 Å². The van der Waals surface area contributed by atoms with Gasteiger partial charge in [-0.3, -0.25) is 0 Å². The molecule has 1 atom stereocenters. The van der Waals surface area contributed by atoms with E-state index >= 15 is 0 Å². The van der Waals surface area contributed by atoms with Gasteiger partial charge in [0.05, 0.1) is 0 Å². The van der Waals surface area contributed by atoms with Gasteiger partial charge >= 0.3 is 0 Å². The predicted octanol–water partition coefficient (Wildman–Crippen LogP) is 3.57. The molecule has 0 saturated heterocycles. The summed E-state index contributed by atoms with van der Waals surface area (Å²) < 4.78 is 1.48. The molecule has 3 heteroatoms. The summed E-state index contributed by atoms with van der Waals surface area (Å²) in [6.45, 7) is 0. The van der Waals surface area contributed by atoms with Crippen LogP contribution in [0.25, 0.3) is 0 Å². The first-order chi connectivity index (χ1) is 8.45. The SMILES string of the molecule is c1ccc(P(c2ccsc2)c2cccs2)cc1. The molecule has 0 aliphatic carbocycles. The molecule has 3 aromatic rings. The molecule has 2 heterocycles. The molecule has 0 aliphatic heterocycles. The minimum absolute atomic E-state index is 0.343. The summed E-state index contributed by atoms with van der Waals surface area (Å²) in [6, 6.07) is 17.5. The van der Waals surface area contributed by atoms with E-state index in [2.05, 4.69) is 64.7 Å². The highest BCUT2D eigenvalue weighted by molar-refractivity contribution is 7.84. The van der Waals surface area contributed by atoms with Gasteiger partial charge in [-0.25, -0.2) is 0 Å². The van der Waals surface area contributed by atoms with Gasteiger partial charge in [0.1, 0.15) is 0 Å². The fourth-order valence-electron chi connectivity index (χ4n) is 1.76. The highest BCUT2D eigenvalue weighted by Crippen LogP contribution is 2.35. The average Bonchev–Trinajstić information content (AvgIpc) is 3.04. The predicted molar refractivity (Wildman–Crippen MR) is 80.9 cm³/mol. The second kappa shape index (κ2) is 5.14. The number of thiophene rings is 2. The molecule has 1 aromatic carbocycles. The zero-order chi connectivity index (χ0) is 11.5. The van der Waals surface area contributed by atoms with Gasteiger partial charge in [-0.15, -0.1) is 11.3 Å². The Morgan fingerprint density at radius 2 is 1.65 bits per heavy atom. The monoisotopic (exact) mass is 274 g/mol. The number of rotatable bonds is 3. The Bertz CT molecular complexity index is 521. The number of hydrogen-bond donors (Lipinski definition) is 0. The van der Waals surface area contributed by atoms with E-state index in [4.69, 9.17) is 0 Å². The molecule has 0 aliphatic rings. The Kier molecular flexibility index (Phi) is 3.37. The molecule has 0 fully saturated rings. The molecule has 1 unspecified atom stereocenters. The van der Waals surface area contributed by atoms with Gasteiger partial charge in [0.2, 0.25) is 0 Å². The van der Waals surface area contributed by atoms with Crippen molar-refractivity contribution < 1.29 is 0 Å². The zero-order valence-corrected chi connectivity index (χ0v) is 11.6. The summed E-state index contributed by atoms with van der Waals surface area (Å²) >= 11 is 3.64. The van der Waals surface area contributed by atoms with Crippen molar-refractivity contribution in [1.29, 1.82) is 0 Å². The van der Waals surface area contributed by atoms with Crippen molar-refractivity contribution in [2.75, 3.05) is 0 Å². The molecular weight excluding hydrogens is 263 g/mol. The van der Waals surface area contributed by atoms with E-state index in [-0.39, 0.29) is 7.92 Å². The van der Waals surface area contributed by atoms with Crippen LogP contribution in [0.1, 0.15) is 0 Å². The van der Waals surface area contributed by atoms with Crippen LogP contribution in [0.4, 0.5) is 0 Å². The van der Waals surface area contributed by atoms with E-state index in [0.717, 1.165) is 0 Å². The summed E-state index contributed by atoms with van der Waals surface area (Å²) in [4.78, 5) is 0. The first-order valence-electron chi connectivity index (χ1n) is 5.36. The smallest absolute Gasteiger partial charge is 0.0368 e. The van der Waals surface area contributed by atoms with Crippen LogP contribution in [-0.2, 0) is 0 Å². The fraction of sp³-hybridized carbons (Fsp3) is 0. The van der Waals surface area contributed by atoms with E-state index in [1.54, 1.807) is 11.3 Å². The van der Waals surface area contributed by atoms with E-state index in [9.17, 15) is 0 Å². The molecule has 0 amide bonds. The lowest BCUT2D eigenvalue weighted by Gasteiger charge is -2.14. The molecule has 0 bridgehead atoms. The van der Waals surface area contributed by atoms with E-state index in [0.29, 0.717) is 0 Å². The van der Waals surface area contributed by atoms with Crippen molar-refractivity contribution in [1.82, 2.24) is 0 Å². The van der Waals surface area contributed by atoms with Crippen LogP contribution in [0.15, 0.2) is 64.7 Å². The second-order valence-electron chi connectivity index (χ2n) is 3.60. The minimum atomic E-state index is -0.343. The first kappa shape index (κ1) is 11.2. The molecule has 17 heavy (non-hydrogen) atoms. The Morgan fingerprint density at radius 1 is 0.765 bits per heavy atom. The lowest BCUT2D eigenvalue weighted by Crippen LogP contribution is -2.17. The third-order valence-electron chi connectivity index (χ3n) is 2.51. The second-order valence-corrected chi connectivity index (χ2v) is 7.82. The van der Waals surface area contributed by atoms with Crippen molar-refractivity contribution in [2.24, 2.45) is 0 Å². The van der Waals surface area contributed by atoms with Gasteiger partial charge < -0.3 is 0 Å². The fourth-order valence-corrected chi connectivity index (χ4v) is 6.42. The van der Waals surface area contributed by atoms with Crippen LogP contribution in [0.3, 0.4) is 0 Å². The van der Waals surface area contributed by atoms with Crippen molar-refractivity contribution in [3.63, 3.8) is 0 Å². The van der Waals surface area contributed by atoms with E-state index in [1.807, 2.05) is 11.3 Å². The first-order valence-corrected chi connectivity index (χ1v) is 8.52. The van der Waals surface area contributed by atoms with E-state index < -0.39 is 0 Å². The van der Waals surface area contributed by atoms with Crippen molar-refractivity contribution in [2.45, 2.75) is 0 Å². The van der Waals surface area contributed by atoms with Crippen molar-refractivity contribution >= 4 is 45.8 Å². The number of hydrogen-bond acceptors (Lipinski definition) is 2. The van der Waals surface area contributed by atoms with Crippen LogP contribution in [-0.4, -0.2) is 0 Å². The zero-order valence-electron chi connectivity index (χ0n) is 9.11. The van der Waals surface area contributed by atoms with Gasteiger partial charge in [0.25, 0.3) is 0 Å². The van der Waals surface area contributed by atoms with Gasteiger partial charge in [0.15, 0.2) is 0 Å². The van der Waals surface area contributed by atoms with Crippen molar-refractivity contribution in [3.05, 3.63) is 64.7 Å². The maximum Gasteiger partial charge on any atom is 0.0368 e. The van der Waals surface area contributed by atoms with Crippen LogP contribution in [0.5, 0.6) is 0 Å². The van der Waals surface area contributed by atoms with Crippen molar-refractivity contribution in [3.8, 4) is 0 Å². The summed E-state index contributed by atoms with van der Waals surface area (Å²) in [5.41, 5.74) is 0. The lowest BCUT2D eigenvalue weighted by atomic mass is 10.4. The minimum Gasteiger partial charge on any atom is -0.152 e. The maximum absolute atomic E-state index is 2.28. The Morgan fingerprint density at radius 3 is 2.29 bits per heavy atom. The summed E-state index contributed by atoms with van der Waals surface area (Å²) in [5, 5.41) is 9.50. The highest BCUT2D eigenvalue weighted by atomic mass is 32.1. The molecule has 0 spiro atoms.